The van der Waals surface area contributed by atoms with Crippen molar-refractivity contribution in [2.45, 2.75) is 75.8 Å². The van der Waals surface area contributed by atoms with Crippen molar-refractivity contribution in [2.24, 2.45) is 0 Å². The molecular weight excluding hydrogens is 971 g/mol. The lowest BCUT2D eigenvalue weighted by molar-refractivity contribution is -0.385. The van der Waals surface area contributed by atoms with Gasteiger partial charge in [0.2, 0.25) is 0 Å². The fourth-order valence-corrected chi connectivity index (χ4v) is 8.81. The van der Waals surface area contributed by atoms with Gasteiger partial charge >= 0.3 is 41.4 Å². The molecule has 6 rings (SSSR count). The summed E-state index contributed by atoms with van der Waals surface area (Å²) in [6.45, 7) is -4.70. The molecule has 3 aromatic carbocycles. The third-order valence-corrected chi connectivity index (χ3v) is 12.0. The van der Waals surface area contributed by atoms with Crippen molar-refractivity contribution in [3.8, 4) is 23.0 Å². The van der Waals surface area contributed by atoms with Gasteiger partial charge in [-0.2, -0.15) is 0 Å². The van der Waals surface area contributed by atoms with Gasteiger partial charge < -0.3 is 69.1 Å². The molecule has 1 aromatic heterocycles. The SMILES string of the molecule is COc1ccc(N(CC(=O)O)CC(=O)O)c(OC2CCCC2Oc2cc([N+](=O)[O-])c(COc3ccc4cc(C(=O)NC5CCC(N(CC(=O)O)CC(=O)O)CC5)c(=O)oc4c3)cc2N(CC(=O)O)CC(=O)O)c1. The van der Waals surface area contributed by atoms with Gasteiger partial charge in [0, 0.05) is 29.6 Å². The van der Waals surface area contributed by atoms with Gasteiger partial charge in [0.1, 0.15) is 79.1 Å². The van der Waals surface area contributed by atoms with Crippen LogP contribution in [-0.4, -0.2) is 153 Å². The normalized spacial score (nSPS) is 17.3. The average Bonchev–Trinajstić information content (AvgIpc) is 3.74. The molecule has 2 unspecified atom stereocenters. The van der Waals surface area contributed by atoms with E-state index < -0.39 is 122 Å². The van der Waals surface area contributed by atoms with Gasteiger partial charge in [-0.3, -0.25) is 48.6 Å². The van der Waals surface area contributed by atoms with Gasteiger partial charge in [-0.1, -0.05) is 0 Å². The highest BCUT2D eigenvalue weighted by Gasteiger charge is 2.36. The van der Waals surface area contributed by atoms with Crippen LogP contribution in [0.15, 0.2) is 63.8 Å². The van der Waals surface area contributed by atoms with E-state index >= 15 is 0 Å². The Morgan fingerprint density at radius 2 is 1.21 bits per heavy atom. The Hall–Kier alpha value is -8.68. The fourth-order valence-electron chi connectivity index (χ4n) is 8.81. The summed E-state index contributed by atoms with van der Waals surface area (Å²) in [7, 11) is 1.37. The summed E-state index contributed by atoms with van der Waals surface area (Å²) in [6, 6.07) is 11.2. The monoisotopic (exact) mass is 1020 g/mol. The molecule has 0 spiro atoms. The lowest BCUT2D eigenvalue weighted by Gasteiger charge is -2.35. The van der Waals surface area contributed by atoms with Crippen molar-refractivity contribution in [1.82, 2.24) is 10.2 Å². The molecule has 73 heavy (non-hydrogen) atoms. The maximum atomic E-state index is 13.3. The molecule has 0 saturated heterocycles. The van der Waals surface area contributed by atoms with Crippen LogP contribution in [0.5, 0.6) is 23.0 Å². The zero-order valence-electron chi connectivity index (χ0n) is 39.0. The van der Waals surface area contributed by atoms with E-state index in [1.165, 1.54) is 54.5 Å². The number of nitro benzene ring substituents is 1. The van der Waals surface area contributed by atoms with Crippen LogP contribution in [0.4, 0.5) is 17.1 Å². The van der Waals surface area contributed by atoms with Crippen molar-refractivity contribution >= 4 is 69.8 Å². The molecule has 26 heteroatoms. The maximum Gasteiger partial charge on any atom is 0.349 e. The Morgan fingerprint density at radius 1 is 0.671 bits per heavy atom. The van der Waals surface area contributed by atoms with Crippen LogP contribution in [-0.2, 0) is 35.4 Å². The largest absolute Gasteiger partial charge is 0.497 e. The van der Waals surface area contributed by atoms with E-state index in [-0.39, 0.29) is 63.5 Å². The molecule has 0 bridgehead atoms. The van der Waals surface area contributed by atoms with Crippen molar-refractivity contribution in [3.05, 3.63) is 86.3 Å². The van der Waals surface area contributed by atoms with Gasteiger partial charge in [-0.15, -0.1) is 0 Å². The number of nitrogens with zero attached hydrogens (tertiary/aromatic N) is 4. The lowest BCUT2D eigenvalue weighted by atomic mass is 9.90. The third-order valence-electron chi connectivity index (χ3n) is 12.0. The predicted molar refractivity (Wildman–Crippen MR) is 251 cm³/mol. The highest BCUT2D eigenvalue weighted by molar-refractivity contribution is 5.97. The number of carbonyl (C=O) groups is 7. The minimum absolute atomic E-state index is 0.0228. The zero-order chi connectivity index (χ0) is 53.1. The molecule has 26 nitrogen and oxygen atoms in total. The molecule has 0 aliphatic heterocycles. The van der Waals surface area contributed by atoms with Gasteiger partial charge in [0.25, 0.3) is 11.6 Å². The summed E-state index contributed by atoms with van der Waals surface area (Å²) in [5, 5.41) is 72.9. The maximum absolute atomic E-state index is 13.3. The molecular formula is C47H51N5O21. The van der Waals surface area contributed by atoms with Crippen LogP contribution in [0.3, 0.4) is 0 Å². The Morgan fingerprint density at radius 3 is 1.74 bits per heavy atom. The number of nitro groups is 1. The number of carboxylic acid groups (broad SMARTS) is 6. The minimum Gasteiger partial charge on any atom is -0.497 e. The number of anilines is 2. The Labute approximate surface area is 413 Å². The Bertz CT molecular complexity index is 2780. The molecule has 2 saturated carbocycles. The lowest BCUT2D eigenvalue weighted by Crippen LogP contribution is -2.47. The number of fused-ring (bicyclic) bond motifs is 1. The molecule has 1 heterocycles. The first kappa shape index (κ1) is 53.7. The van der Waals surface area contributed by atoms with E-state index in [4.69, 9.17) is 23.4 Å². The molecule has 7 N–H and O–H groups in total. The van der Waals surface area contributed by atoms with Gasteiger partial charge in [0.15, 0.2) is 0 Å². The molecule has 0 radical (unpaired) electrons. The molecule has 390 valence electrons. The number of nitrogens with one attached hydrogen (secondary N) is 1. The van der Waals surface area contributed by atoms with E-state index in [2.05, 4.69) is 5.32 Å². The van der Waals surface area contributed by atoms with Gasteiger partial charge in [0.05, 0.1) is 48.1 Å². The molecule has 2 aliphatic rings. The highest BCUT2D eigenvalue weighted by Crippen LogP contribution is 2.41. The molecule has 1 amide bonds. The van der Waals surface area contributed by atoms with Crippen LogP contribution in [0.2, 0.25) is 0 Å². The Balaban J connectivity index is 1.23. The quantitative estimate of drug-likeness (QED) is 0.0270. The topological polar surface area (TPSA) is 373 Å². The molecule has 2 aliphatic carbocycles. The van der Waals surface area contributed by atoms with Crippen molar-refractivity contribution in [1.29, 1.82) is 0 Å². The molecule has 2 fully saturated rings. The summed E-state index contributed by atoms with van der Waals surface area (Å²) in [5.41, 5.74) is -2.20. The number of rotatable bonds is 26. The van der Waals surface area contributed by atoms with Crippen molar-refractivity contribution in [3.63, 3.8) is 0 Å². The Kier molecular flexibility index (Phi) is 17.6. The number of ether oxygens (including phenoxy) is 4. The number of amides is 1. The standard InChI is InChI=1S/C47H51N5O21/c1-69-29-11-12-32(50(20-42(57)58)21-43(59)60)38(15-29)71-35-3-2-4-36(35)72-39-17-33(52(67)68)26(14-34(39)51(22-44(61)62)23-45(63)64)24-70-30-10-5-25-13-31(47(66)73-37(25)16-30)46(65)48-27-6-8-28(9-7-27)49(18-40(53)54)19-41(55)56/h5,10-17,27-28,35-36H,2-4,6-9,18-24H2,1H3,(H,48,65)(H,53,54)(H,55,56)(H,57,58)(H,59,60)(H,61,62)(H,63,64). The second kappa shape index (κ2) is 24.0. The van der Waals surface area contributed by atoms with Gasteiger partial charge in [-0.05, 0) is 81.3 Å². The summed E-state index contributed by atoms with van der Waals surface area (Å²) in [6.07, 6.45) is 0.817. The first-order chi connectivity index (χ1) is 34.7. The number of hydrogen-bond donors (Lipinski definition) is 7. The summed E-state index contributed by atoms with van der Waals surface area (Å²) >= 11 is 0. The molecule has 2 atom stereocenters. The van der Waals surface area contributed by atoms with Gasteiger partial charge in [-0.25, -0.2) is 4.79 Å². The van der Waals surface area contributed by atoms with Crippen molar-refractivity contribution < 1.29 is 92.5 Å². The van der Waals surface area contributed by atoms with Crippen molar-refractivity contribution in [2.75, 3.05) is 56.2 Å². The number of aliphatic carboxylic acids is 6. The fraction of sp³-hybridized carbons (Fsp3) is 0.404. The van der Waals surface area contributed by atoms with E-state index in [1.807, 2.05) is 0 Å². The summed E-state index contributed by atoms with van der Waals surface area (Å²) in [4.78, 5) is 112. The summed E-state index contributed by atoms with van der Waals surface area (Å²) in [5.74, 6) is -8.61. The first-order valence-electron chi connectivity index (χ1n) is 22.6. The number of hydrogen-bond acceptors (Lipinski definition) is 18. The summed E-state index contributed by atoms with van der Waals surface area (Å²) < 4.78 is 29.4. The van der Waals surface area contributed by atoms with Crippen LogP contribution >= 0.6 is 0 Å². The zero-order valence-corrected chi connectivity index (χ0v) is 39.0. The minimum atomic E-state index is -1.45. The second-order valence-electron chi connectivity index (χ2n) is 17.2. The van der Waals surface area contributed by atoms with E-state index in [9.17, 15) is 79.1 Å². The van der Waals surface area contributed by atoms with E-state index in [1.54, 1.807) is 0 Å². The van der Waals surface area contributed by atoms with E-state index in [0.717, 1.165) is 21.9 Å². The molecule has 4 aromatic rings. The van der Waals surface area contributed by atoms with Crippen LogP contribution in [0.25, 0.3) is 11.0 Å². The second-order valence-corrected chi connectivity index (χ2v) is 17.2. The smallest absolute Gasteiger partial charge is 0.349 e. The number of carboxylic acids is 6. The third kappa shape index (κ3) is 14.5. The number of carbonyl (C=O) groups excluding carboxylic acids is 1. The van der Waals surface area contributed by atoms with E-state index in [0.29, 0.717) is 43.9 Å². The average molecular weight is 1020 g/mol. The van der Waals surface area contributed by atoms with Crippen LogP contribution in [0, 0.1) is 10.1 Å². The van der Waals surface area contributed by atoms with Crippen LogP contribution < -0.4 is 39.7 Å². The number of benzene rings is 3. The predicted octanol–water partition coefficient (Wildman–Crippen LogP) is 3.13. The number of methoxy groups -OCH3 is 1. The van der Waals surface area contributed by atoms with Crippen LogP contribution in [0.1, 0.15) is 60.9 Å². The first-order valence-corrected chi connectivity index (χ1v) is 22.6. The highest BCUT2D eigenvalue weighted by atomic mass is 16.6.